The molecular formula is C12H22O11. The summed E-state index contributed by atoms with van der Waals surface area (Å²) >= 11 is 0. The number of hydrogen-bond donors (Lipinski definition) is 8. The summed E-state index contributed by atoms with van der Waals surface area (Å²) in [6.07, 6.45) is -15.7. The maximum Gasteiger partial charge on any atom is 0.187 e. The number of rotatable bonds is 4. The summed E-state index contributed by atoms with van der Waals surface area (Å²) in [4.78, 5) is 0. The minimum absolute atomic E-state index is 0.667. The van der Waals surface area contributed by atoms with Crippen LogP contribution in [0, 0.1) is 0 Å². The van der Waals surface area contributed by atoms with Crippen LogP contribution >= 0.6 is 0 Å². The molecule has 23 heavy (non-hydrogen) atoms. The SMILES string of the molecule is OC[C@H]1O[C@H](O[C@@H]2[C@H](O)[C@@H](O)O[C@H](CO)[C@H]2O)[C@@H](O)[C@@H](O)[C@H]1O. The molecule has 136 valence electrons. The molecule has 10 atom stereocenters. The summed E-state index contributed by atoms with van der Waals surface area (Å²) in [6, 6.07) is 0. The van der Waals surface area contributed by atoms with E-state index in [0.29, 0.717) is 0 Å². The Balaban J connectivity index is 2.11. The first-order valence-corrected chi connectivity index (χ1v) is 7.08. The highest BCUT2D eigenvalue weighted by Gasteiger charge is 2.50. The number of ether oxygens (including phenoxy) is 3. The Morgan fingerprint density at radius 2 is 1.22 bits per heavy atom. The molecule has 0 aromatic heterocycles. The minimum Gasteiger partial charge on any atom is -0.394 e. The molecule has 2 saturated heterocycles. The molecule has 0 aromatic carbocycles. The molecule has 2 fully saturated rings. The molecule has 2 aliphatic heterocycles. The summed E-state index contributed by atoms with van der Waals surface area (Å²) in [5.41, 5.74) is 0. The van der Waals surface area contributed by atoms with Crippen LogP contribution in [0.2, 0.25) is 0 Å². The lowest BCUT2D eigenvalue weighted by atomic mass is 9.97. The Hall–Kier alpha value is -0.440. The van der Waals surface area contributed by atoms with Gasteiger partial charge >= 0.3 is 0 Å². The normalized spacial score (nSPS) is 51.7. The van der Waals surface area contributed by atoms with Gasteiger partial charge in [0.25, 0.3) is 0 Å². The molecular weight excluding hydrogens is 320 g/mol. The van der Waals surface area contributed by atoms with Gasteiger partial charge in [0.2, 0.25) is 0 Å². The predicted molar refractivity (Wildman–Crippen MR) is 68.6 cm³/mol. The fourth-order valence-corrected chi connectivity index (χ4v) is 2.56. The van der Waals surface area contributed by atoms with Crippen LogP contribution in [-0.4, -0.2) is 115 Å². The van der Waals surface area contributed by atoms with Crippen molar-refractivity contribution in [1.82, 2.24) is 0 Å². The molecule has 2 aliphatic rings. The van der Waals surface area contributed by atoms with Gasteiger partial charge in [-0.15, -0.1) is 0 Å². The Labute approximate surface area is 130 Å². The summed E-state index contributed by atoms with van der Waals surface area (Å²) in [7, 11) is 0. The van der Waals surface area contributed by atoms with Gasteiger partial charge in [-0.05, 0) is 0 Å². The summed E-state index contributed by atoms with van der Waals surface area (Å²) in [6.45, 7) is -1.34. The van der Waals surface area contributed by atoms with Crippen molar-refractivity contribution in [2.75, 3.05) is 13.2 Å². The second-order valence-corrected chi connectivity index (χ2v) is 5.53. The lowest BCUT2D eigenvalue weighted by molar-refractivity contribution is -0.355. The molecule has 0 amide bonds. The van der Waals surface area contributed by atoms with Crippen LogP contribution in [0.5, 0.6) is 0 Å². The molecule has 0 aromatic rings. The maximum atomic E-state index is 10.00. The average Bonchev–Trinajstić information content (AvgIpc) is 2.54. The Morgan fingerprint density at radius 1 is 0.652 bits per heavy atom. The van der Waals surface area contributed by atoms with Crippen molar-refractivity contribution >= 4 is 0 Å². The van der Waals surface area contributed by atoms with Crippen LogP contribution in [0.4, 0.5) is 0 Å². The van der Waals surface area contributed by atoms with Gasteiger partial charge in [-0.2, -0.15) is 0 Å². The van der Waals surface area contributed by atoms with Gasteiger partial charge < -0.3 is 55.1 Å². The highest BCUT2D eigenvalue weighted by atomic mass is 16.7. The third-order valence-electron chi connectivity index (χ3n) is 3.98. The van der Waals surface area contributed by atoms with E-state index in [9.17, 15) is 30.6 Å². The molecule has 2 heterocycles. The lowest BCUT2D eigenvalue weighted by Gasteiger charge is -2.45. The van der Waals surface area contributed by atoms with E-state index < -0.39 is 74.6 Å². The second kappa shape index (κ2) is 7.63. The van der Waals surface area contributed by atoms with E-state index >= 15 is 0 Å². The van der Waals surface area contributed by atoms with Crippen LogP contribution in [0.25, 0.3) is 0 Å². The van der Waals surface area contributed by atoms with E-state index in [0.717, 1.165) is 0 Å². The van der Waals surface area contributed by atoms with E-state index in [1.165, 1.54) is 0 Å². The number of hydrogen-bond acceptors (Lipinski definition) is 11. The fraction of sp³-hybridized carbons (Fsp3) is 1.00. The molecule has 0 saturated carbocycles. The molecule has 11 nitrogen and oxygen atoms in total. The second-order valence-electron chi connectivity index (χ2n) is 5.53. The molecule has 0 radical (unpaired) electrons. The zero-order valence-corrected chi connectivity index (χ0v) is 12.0. The Bertz CT molecular complexity index is 380. The summed E-state index contributed by atoms with van der Waals surface area (Å²) in [5.74, 6) is 0. The molecule has 8 N–H and O–H groups in total. The average molecular weight is 342 g/mol. The highest BCUT2D eigenvalue weighted by Crippen LogP contribution is 2.28. The Kier molecular flexibility index (Phi) is 6.27. The monoisotopic (exact) mass is 342 g/mol. The highest BCUT2D eigenvalue weighted by molar-refractivity contribution is 4.93. The lowest BCUT2D eigenvalue weighted by Crippen LogP contribution is -2.64. The predicted octanol–water partition coefficient (Wildman–Crippen LogP) is -5.40. The third-order valence-corrected chi connectivity index (χ3v) is 3.98. The largest absolute Gasteiger partial charge is 0.394 e. The van der Waals surface area contributed by atoms with Crippen molar-refractivity contribution in [3.63, 3.8) is 0 Å². The first-order valence-electron chi connectivity index (χ1n) is 7.08. The third kappa shape index (κ3) is 3.65. The first kappa shape index (κ1) is 18.9. The van der Waals surface area contributed by atoms with Crippen molar-refractivity contribution in [2.24, 2.45) is 0 Å². The zero-order valence-electron chi connectivity index (χ0n) is 12.0. The molecule has 0 unspecified atom stereocenters. The fourth-order valence-electron chi connectivity index (χ4n) is 2.56. The van der Waals surface area contributed by atoms with Gasteiger partial charge in [0.1, 0.15) is 48.8 Å². The van der Waals surface area contributed by atoms with Crippen molar-refractivity contribution < 1.29 is 55.1 Å². The van der Waals surface area contributed by atoms with Crippen LogP contribution < -0.4 is 0 Å². The van der Waals surface area contributed by atoms with Gasteiger partial charge in [-0.1, -0.05) is 0 Å². The molecule has 0 bridgehead atoms. The van der Waals surface area contributed by atoms with E-state index in [1.807, 2.05) is 0 Å². The standard InChI is InChI=1S/C12H22O11/c13-1-3-5(15)7(17)8(18)12(22-3)23-10-6(16)4(2-14)21-11(20)9(10)19/h3-20H,1-2H2/t3-,4-,5+,6-,7+,8+,9+,10+,11+,12-/m1/s1. The number of aliphatic hydroxyl groups is 8. The van der Waals surface area contributed by atoms with Gasteiger partial charge in [0, 0.05) is 0 Å². The molecule has 0 spiro atoms. The van der Waals surface area contributed by atoms with Crippen LogP contribution in [0.1, 0.15) is 0 Å². The van der Waals surface area contributed by atoms with Crippen molar-refractivity contribution in [1.29, 1.82) is 0 Å². The summed E-state index contributed by atoms with van der Waals surface area (Å²) in [5, 5.41) is 76.8. The topological polar surface area (TPSA) is 190 Å². The van der Waals surface area contributed by atoms with Gasteiger partial charge in [0.05, 0.1) is 13.2 Å². The zero-order chi connectivity index (χ0) is 17.3. The summed E-state index contributed by atoms with van der Waals surface area (Å²) < 4.78 is 15.1. The van der Waals surface area contributed by atoms with Crippen LogP contribution in [0.15, 0.2) is 0 Å². The van der Waals surface area contributed by atoms with Crippen LogP contribution in [0.3, 0.4) is 0 Å². The molecule has 2 rings (SSSR count). The quantitative estimate of drug-likeness (QED) is 0.243. The van der Waals surface area contributed by atoms with Crippen LogP contribution in [-0.2, 0) is 14.2 Å². The van der Waals surface area contributed by atoms with Crippen molar-refractivity contribution in [2.45, 2.75) is 61.4 Å². The minimum atomic E-state index is -1.76. The van der Waals surface area contributed by atoms with E-state index in [-0.39, 0.29) is 0 Å². The maximum absolute atomic E-state index is 10.00. The van der Waals surface area contributed by atoms with Gasteiger partial charge in [-0.25, -0.2) is 0 Å². The van der Waals surface area contributed by atoms with Crippen molar-refractivity contribution in [3.05, 3.63) is 0 Å². The van der Waals surface area contributed by atoms with Crippen molar-refractivity contribution in [3.8, 4) is 0 Å². The molecule has 0 aliphatic carbocycles. The molecule has 11 heteroatoms. The smallest absolute Gasteiger partial charge is 0.187 e. The van der Waals surface area contributed by atoms with Gasteiger partial charge in [-0.3, -0.25) is 0 Å². The first-order chi connectivity index (χ1) is 10.8. The van der Waals surface area contributed by atoms with E-state index in [1.54, 1.807) is 0 Å². The number of aliphatic hydroxyl groups excluding tert-OH is 8. The van der Waals surface area contributed by atoms with E-state index in [2.05, 4.69) is 0 Å². The van der Waals surface area contributed by atoms with Gasteiger partial charge in [0.15, 0.2) is 12.6 Å². The van der Waals surface area contributed by atoms with E-state index in [4.69, 9.17) is 24.4 Å². The Morgan fingerprint density at radius 3 is 1.78 bits per heavy atom.